The summed E-state index contributed by atoms with van der Waals surface area (Å²) in [5.74, 6) is 0.456. The third-order valence-corrected chi connectivity index (χ3v) is 4.68. The molecule has 0 unspecified atom stereocenters. The van der Waals surface area contributed by atoms with E-state index in [-0.39, 0.29) is 0 Å². The first-order chi connectivity index (χ1) is 12.6. The zero-order valence-electron chi connectivity index (χ0n) is 13.3. The fourth-order valence-electron chi connectivity index (χ4n) is 2.50. The van der Waals surface area contributed by atoms with Crippen LogP contribution in [0, 0.1) is 0 Å². The van der Waals surface area contributed by atoms with Crippen LogP contribution in [0.5, 0.6) is 0 Å². The average Bonchev–Trinajstić information content (AvgIpc) is 3.06. The minimum Gasteiger partial charge on any atom is -0.436 e. The lowest BCUT2D eigenvalue weighted by Crippen LogP contribution is -1.83. The van der Waals surface area contributed by atoms with Gasteiger partial charge in [-0.1, -0.05) is 53.0 Å². The molecule has 1 aromatic heterocycles. The molecule has 0 saturated carbocycles. The van der Waals surface area contributed by atoms with Crippen LogP contribution in [0.25, 0.3) is 22.6 Å². The Morgan fingerprint density at radius 1 is 0.885 bits per heavy atom. The Kier molecular flexibility index (Phi) is 4.68. The van der Waals surface area contributed by atoms with Crippen LogP contribution in [0.2, 0.25) is 15.1 Å². The molecule has 4 rings (SSSR count). The normalized spacial score (nSPS) is 11.5. The summed E-state index contributed by atoms with van der Waals surface area (Å²) in [7, 11) is 0. The molecule has 0 aliphatic carbocycles. The van der Waals surface area contributed by atoms with E-state index in [1.165, 1.54) is 0 Å². The molecule has 4 aromatic rings. The zero-order valence-corrected chi connectivity index (χ0v) is 15.6. The Labute approximate surface area is 164 Å². The summed E-state index contributed by atoms with van der Waals surface area (Å²) < 4.78 is 5.80. The first-order valence-electron chi connectivity index (χ1n) is 7.75. The highest BCUT2D eigenvalue weighted by Gasteiger charge is 2.12. The molecule has 0 aliphatic heterocycles. The maximum Gasteiger partial charge on any atom is 0.228 e. The lowest BCUT2D eigenvalue weighted by Gasteiger charge is -2.02. The fourth-order valence-corrected chi connectivity index (χ4v) is 3.15. The number of aromatic nitrogens is 1. The molecular formula is C20H11Cl3N2O. The van der Waals surface area contributed by atoms with E-state index in [0.717, 1.165) is 11.1 Å². The molecule has 0 atom stereocenters. The molecular weight excluding hydrogens is 391 g/mol. The van der Waals surface area contributed by atoms with Crippen molar-refractivity contribution < 1.29 is 4.42 Å². The number of rotatable bonds is 3. The first kappa shape index (κ1) is 17.1. The lowest BCUT2D eigenvalue weighted by molar-refractivity contribution is 0.620. The SMILES string of the molecule is Clc1ccc(C=Nc2ccc(Cl)c(-c3nc4ccccc4o3)c2)c(Cl)c1. The maximum atomic E-state index is 6.33. The van der Waals surface area contributed by atoms with E-state index in [0.29, 0.717) is 37.8 Å². The molecule has 128 valence electrons. The molecule has 0 aliphatic rings. The van der Waals surface area contributed by atoms with Crippen molar-refractivity contribution in [3.05, 3.63) is 81.3 Å². The lowest BCUT2D eigenvalue weighted by atomic mass is 10.2. The van der Waals surface area contributed by atoms with Gasteiger partial charge in [-0.2, -0.15) is 0 Å². The molecule has 0 amide bonds. The number of hydrogen-bond donors (Lipinski definition) is 0. The number of para-hydroxylation sites is 2. The summed E-state index contributed by atoms with van der Waals surface area (Å²) in [6.45, 7) is 0. The fraction of sp³-hybridized carbons (Fsp3) is 0. The van der Waals surface area contributed by atoms with Crippen molar-refractivity contribution >= 4 is 57.8 Å². The van der Waals surface area contributed by atoms with Crippen LogP contribution in [-0.2, 0) is 0 Å². The van der Waals surface area contributed by atoms with Crippen LogP contribution in [0.1, 0.15) is 5.56 Å². The molecule has 6 heteroatoms. The van der Waals surface area contributed by atoms with Gasteiger partial charge in [0.1, 0.15) is 5.52 Å². The smallest absolute Gasteiger partial charge is 0.228 e. The van der Waals surface area contributed by atoms with Crippen molar-refractivity contribution in [3.63, 3.8) is 0 Å². The van der Waals surface area contributed by atoms with E-state index in [2.05, 4.69) is 9.98 Å². The molecule has 0 fully saturated rings. The second kappa shape index (κ2) is 7.12. The van der Waals surface area contributed by atoms with Gasteiger partial charge >= 0.3 is 0 Å². The van der Waals surface area contributed by atoms with Crippen LogP contribution in [0.4, 0.5) is 5.69 Å². The predicted octanol–water partition coefficient (Wildman–Crippen LogP) is 7.21. The van der Waals surface area contributed by atoms with Crippen molar-refractivity contribution in [3.8, 4) is 11.5 Å². The highest BCUT2D eigenvalue weighted by Crippen LogP contribution is 2.33. The number of hydrogen-bond acceptors (Lipinski definition) is 3. The topological polar surface area (TPSA) is 38.4 Å². The molecule has 0 radical (unpaired) electrons. The van der Waals surface area contributed by atoms with Crippen LogP contribution in [-0.4, -0.2) is 11.2 Å². The highest BCUT2D eigenvalue weighted by atomic mass is 35.5. The predicted molar refractivity (Wildman–Crippen MR) is 108 cm³/mol. The minimum atomic E-state index is 0.456. The largest absolute Gasteiger partial charge is 0.436 e. The Balaban J connectivity index is 1.71. The van der Waals surface area contributed by atoms with Crippen LogP contribution in [0.3, 0.4) is 0 Å². The quantitative estimate of drug-likeness (QED) is 0.340. The third-order valence-electron chi connectivity index (χ3n) is 3.79. The van der Waals surface area contributed by atoms with Gasteiger partial charge in [0.2, 0.25) is 5.89 Å². The van der Waals surface area contributed by atoms with Crippen molar-refractivity contribution in [2.24, 2.45) is 4.99 Å². The van der Waals surface area contributed by atoms with Crippen molar-refractivity contribution in [2.45, 2.75) is 0 Å². The number of halogens is 3. The monoisotopic (exact) mass is 400 g/mol. The molecule has 3 aromatic carbocycles. The summed E-state index contributed by atoms with van der Waals surface area (Å²) in [4.78, 5) is 8.96. The second-order valence-electron chi connectivity index (χ2n) is 5.57. The van der Waals surface area contributed by atoms with E-state index >= 15 is 0 Å². The number of fused-ring (bicyclic) bond motifs is 1. The molecule has 0 bridgehead atoms. The minimum absolute atomic E-state index is 0.456. The van der Waals surface area contributed by atoms with Gasteiger partial charge in [0.25, 0.3) is 0 Å². The van der Waals surface area contributed by atoms with Crippen molar-refractivity contribution in [2.75, 3.05) is 0 Å². The molecule has 0 spiro atoms. The summed E-state index contributed by atoms with van der Waals surface area (Å²) in [6.07, 6.45) is 1.68. The number of oxazole rings is 1. The van der Waals surface area contributed by atoms with Gasteiger partial charge in [0.15, 0.2) is 5.58 Å². The zero-order chi connectivity index (χ0) is 18.1. The number of nitrogens with zero attached hydrogens (tertiary/aromatic N) is 2. The van der Waals surface area contributed by atoms with Crippen molar-refractivity contribution in [1.29, 1.82) is 0 Å². The van der Waals surface area contributed by atoms with E-state index in [1.54, 1.807) is 24.4 Å². The van der Waals surface area contributed by atoms with Gasteiger partial charge in [0, 0.05) is 16.8 Å². The van der Waals surface area contributed by atoms with Gasteiger partial charge in [0.05, 0.1) is 21.3 Å². The number of aliphatic imine (C=N–C) groups is 1. The molecule has 26 heavy (non-hydrogen) atoms. The van der Waals surface area contributed by atoms with E-state index in [9.17, 15) is 0 Å². The highest BCUT2D eigenvalue weighted by molar-refractivity contribution is 6.36. The summed E-state index contributed by atoms with van der Waals surface area (Å²) in [5, 5.41) is 1.66. The standard InChI is InChI=1S/C20H11Cl3N2O/c21-13-6-5-12(17(23)9-13)11-24-14-7-8-16(22)15(10-14)20-25-18-3-1-2-4-19(18)26-20/h1-11H. The summed E-state index contributed by atoms with van der Waals surface area (Å²) in [6, 6.07) is 18.2. The maximum absolute atomic E-state index is 6.33. The first-order valence-corrected chi connectivity index (χ1v) is 8.88. The van der Waals surface area contributed by atoms with E-state index in [1.807, 2.05) is 42.5 Å². The van der Waals surface area contributed by atoms with Gasteiger partial charge in [-0.05, 0) is 42.5 Å². The molecule has 1 heterocycles. The van der Waals surface area contributed by atoms with E-state index < -0.39 is 0 Å². The summed E-state index contributed by atoms with van der Waals surface area (Å²) in [5.41, 5.74) is 3.65. The van der Waals surface area contributed by atoms with Crippen LogP contribution in [0.15, 0.2) is 70.1 Å². The van der Waals surface area contributed by atoms with Crippen molar-refractivity contribution in [1.82, 2.24) is 4.98 Å². The Bertz CT molecular complexity index is 1100. The van der Waals surface area contributed by atoms with Gasteiger partial charge in [-0.3, -0.25) is 4.99 Å². The summed E-state index contributed by atoms with van der Waals surface area (Å²) >= 11 is 18.4. The second-order valence-corrected chi connectivity index (χ2v) is 6.83. The molecule has 0 N–H and O–H groups in total. The number of benzene rings is 3. The van der Waals surface area contributed by atoms with Gasteiger partial charge < -0.3 is 4.42 Å². The van der Waals surface area contributed by atoms with Crippen LogP contribution >= 0.6 is 34.8 Å². The Morgan fingerprint density at radius 2 is 1.73 bits per heavy atom. The van der Waals surface area contributed by atoms with Crippen LogP contribution < -0.4 is 0 Å². The van der Waals surface area contributed by atoms with Gasteiger partial charge in [-0.15, -0.1) is 0 Å². The Morgan fingerprint density at radius 3 is 2.54 bits per heavy atom. The van der Waals surface area contributed by atoms with Gasteiger partial charge in [-0.25, -0.2) is 4.98 Å². The average molecular weight is 402 g/mol. The Hall–Kier alpha value is -2.33. The third kappa shape index (κ3) is 3.47. The molecule has 0 saturated heterocycles. The molecule has 3 nitrogen and oxygen atoms in total. The van der Waals surface area contributed by atoms with E-state index in [4.69, 9.17) is 39.2 Å².